The van der Waals surface area contributed by atoms with Gasteiger partial charge in [0.05, 0.1) is 6.54 Å². The van der Waals surface area contributed by atoms with E-state index in [9.17, 15) is 8.78 Å². The van der Waals surface area contributed by atoms with Crippen LogP contribution >= 0.6 is 24.0 Å². The lowest BCUT2D eigenvalue weighted by atomic mass is 9.88. The molecule has 0 amide bonds. The zero-order valence-corrected chi connectivity index (χ0v) is 19.5. The number of rotatable bonds is 7. The van der Waals surface area contributed by atoms with Gasteiger partial charge in [-0.25, -0.2) is 8.78 Å². The minimum Gasteiger partial charge on any atom is -0.381 e. The maximum absolute atomic E-state index is 13.8. The molecule has 164 valence electrons. The maximum atomic E-state index is 13.8. The molecule has 0 aromatic heterocycles. The summed E-state index contributed by atoms with van der Waals surface area (Å²) in [7, 11) is 0. The number of ether oxygens (including phenoxy) is 1. The molecule has 0 atom stereocenters. The molecule has 0 aliphatic carbocycles. The third-order valence-electron chi connectivity index (χ3n) is 5.77. The fourth-order valence-electron chi connectivity index (χ4n) is 4.14. The van der Waals surface area contributed by atoms with Crippen LogP contribution in [0.1, 0.15) is 38.2 Å². The first kappa shape index (κ1) is 24.3. The first-order chi connectivity index (χ1) is 13.6. The lowest BCUT2D eigenvalue weighted by Gasteiger charge is -2.43. The van der Waals surface area contributed by atoms with Crippen LogP contribution in [-0.2, 0) is 11.2 Å². The summed E-state index contributed by atoms with van der Waals surface area (Å²) in [5.74, 6) is -0.0613. The average molecular weight is 522 g/mol. The number of hydrogen-bond donors (Lipinski definition) is 2. The summed E-state index contributed by atoms with van der Waals surface area (Å²) in [5, 5.41) is 6.53. The van der Waals surface area contributed by atoms with Gasteiger partial charge < -0.3 is 15.4 Å². The lowest BCUT2D eigenvalue weighted by Crippen LogP contribution is -2.54. The van der Waals surface area contributed by atoms with Crippen molar-refractivity contribution in [1.82, 2.24) is 15.5 Å². The minimum atomic E-state index is -0.413. The van der Waals surface area contributed by atoms with Gasteiger partial charge in [-0.3, -0.25) is 9.89 Å². The van der Waals surface area contributed by atoms with Gasteiger partial charge >= 0.3 is 0 Å². The fourth-order valence-corrected chi connectivity index (χ4v) is 4.14. The van der Waals surface area contributed by atoms with Crippen LogP contribution < -0.4 is 10.6 Å². The van der Waals surface area contributed by atoms with E-state index in [0.29, 0.717) is 18.5 Å². The molecule has 0 radical (unpaired) electrons. The predicted octanol–water partition coefficient (Wildman–Crippen LogP) is 3.33. The first-order valence-electron chi connectivity index (χ1n) is 10.4. The molecule has 2 saturated heterocycles. The highest BCUT2D eigenvalue weighted by Crippen LogP contribution is 2.31. The van der Waals surface area contributed by atoms with E-state index in [-0.39, 0.29) is 35.3 Å². The molecule has 29 heavy (non-hydrogen) atoms. The van der Waals surface area contributed by atoms with Gasteiger partial charge in [0, 0.05) is 31.8 Å². The lowest BCUT2D eigenvalue weighted by molar-refractivity contribution is -0.0139. The molecule has 1 aromatic rings. The molecular weight excluding hydrogens is 489 g/mol. The molecule has 2 aliphatic heterocycles. The van der Waals surface area contributed by atoms with Crippen LogP contribution in [0.25, 0.3) is 0 Å². The van der Waals surface area contributed by atoms with Crippen molar-refractivity contribution in [2.24, 2.45) is 4.99 Å². The molecule has 2 N–H and O–H groups in total. The van der Waals surface area contributed by atoms with Crippen LogP contribution in [0.5, 0.6) is 0 Å². The summed E-state index contributed by atoms with van der Waals surface area (Å²) >= 11 is 0. The standard InChI is InChI=1S/C21H32F2N4O.HI/c1-2-24-20(25-10-7-17-15-18(22)5-6-19(17)23)26-16-21(8-13-28-14-9-21)27-11-3-4-12-27;/h5-6,15H,2-4,7-14,16H2,1H3,(H2,24,25,26);1H. The number of benzene rings is 1. The number of guanidine groups is 1. The third-order valence-corrected chi connectivity index (χ3v) is 5.77. The second-order valence-corrected chi connectivity index (χ2v) is 7.64. The Morgan fingerprint density at radius 3 is 2.59 bits per heavy atom. The monoisotopic (exact) mass is 522 g/mol. The van der Waals surface area contributed by atoms with E-state index < -0.39 is 5.82 Å². The predicted molar refractivity (Wildman–Crippen MR) is 123 cm³/mol. The van der Waals surface area contributed by atoms with E-state index in [1.807, 2.05) is 6.92 Å². The molecule has 2 aliphatic rings. The van der Waals surface area contributed by atoms with Gasteiger partial charge in [-0.05, 0) is 75.9 Å². The Hall–Kier alpha value is -1.00. The van der Waals surface area contributed by atoms with Crippen molar-refractivity contribution in [1.29, 1.82) is 0 Å². The van der Waals surface area contributed by atoms with Crippen molar-refractivity contribution in [3.05, 3.63) is 35.4 Å². The number of nitrogens with one attached hydrogen (secondary N) is 2. The van der Waals surface area contributed by atoms with E-state index >= 15 is 0 Å². The third kappa shape index (κ3) is 6.75. The van der Waals surface area contributed by atoms with Crippen LogP contribution in [0.2, 0.25) is 0 Å². The maximum Gasteiger partial charge on any atom is 0.191 e. The molecule has 0 unspecified atom stereocenters. The molecule has 0 bridgehead atoms. The molecule has 2 fully saturated rings. The molecule has 2 heterocycles. The number of halogens is 3. The van der Waals surface area contributed by atoms with Crippen LogP contribution in [-0.4, -0.2) is 62.3 Å². The van der Waals surface area contributed by atoms with Crippen LogP contribution in [0.15, 0.2) is 23.2 Å². The Bertz CT molecular complexity index is 662. The Balaban J connectivity index is 0.00000300. The van der Waals surface area contributed by atoms with Gasteiger partial charge in [-0.1, -0.05) is 0 Å². The number of hydrogen-bond acceptors (Lipinski definition) is 3. The molecular formula is C21H33F2IN4O. The molecule has 8 heteroatoms. The van der Waals surface area contributed by atoms with Crippen molar-refractivity contribution < 1.29 is 13.5 Å². The summed E-state index contributed by atoms with van der Waals surface area (Å²) < 4.78 is 32.7. The van der Waals surface area contributed by atoms with Gasteiger partial charge in [-0.2, -0.15) is 0 Å². The number of nitrogens with zero attached hydrogens (tertiary/aromatic N) is 2. The van der Waals surface area contributed by atoms with Gasteiger partial charge in [0.15, 0.2) is 5.96 Å². The highest BCUT2D eigenvalue weighted by atomic mass is 127. The largest absolute Gasteiger partial charge is 0.381 e. The molecule has 3 rings (SSSR count). The quantitative estimate of drug-likeness (QED) is 0.328. The molecule has 0 spiro atoms. The van der Waals surface area contributed by atoms with E-state index in [0.717, 1.165) is 64.3 Å². The van der Waals surface area contributed by atoms with Crippen molar-refractivity contribution in [2.75, 3.05) is 45.9 Å². The second kappa shape index (κ2) is 12.0. The fraction of sp³-hybridized carbons (Fsp3) is 0.667. The Labute approximate surface area is 189 Å². The van der Waals surface area contributed by atoms with Crippen LogP contribution in [0.4, 0.5) is 8.78 Å². The minimum absolute atomic E-state index is 0. The van der Waals surface area contributed by atoms with Crippen LogP contribution in [0, 0.1) is 11.6 Å². The van der Waals surface area contributed by atoms with Gasteiger partial charge in [-0.15, -0.1) is 24.0 Å². The topological polar surface area (TPSA) is 48.9 Å². The number of likely N-dealkylation sites (tertiary alicyclic amines) is 1. The zero-order valence-electron chi connectivity index (χ0n) is 17.2. The van der Waals surface area contributed by atoms with Gasteiger partial charge in [0.2, 0.25) is 0 Å². The van der Waals surface area contributed by atoms with Crippen molar-refractivity contribution in [3.8, 4) is 0 Å². The van der Waals surface area contributed by atoms with Gasteiger partial charge in [0.1, 0.15) is 11.6 Å². The summed E-state index contributed by atoms with van der Waals surface area (Å²) in [5.41, 5.74) is 0.451. The van der Waals surface area contributed by atoms with Crippen molar-refractivity contribution in [2.45, 2.75) is 44.6 Å². The zero-order chi connectivity index (χ0) is 19.8. The SMILES string of the molecule is CCNC(=NCC1(N2CCCC2)CCOCC1)NCCc1cc(F)ccc1F.I. The molecule has 5 nitrogen and oxygen atoms in total. The van der Waals surface area contributed by atoms with E-state index in [1.165, 1.54) is 25.0 Å². The van der Waals surface area contributed by atoms with Crippen LogP contribution in [0.3, 0.4) is 0 Å². The summed E-state index contributed by atoms with van der Waals surface area (Å²) in [6.45, 7) is 7.83. The average Bonchev–Trinajstić information content (AvgIpc) is 3.25. The Morgan fingerprint density at radius 2 is 1.90 bits per heavy atom. The summed E-state index contributed by atoms with van der Waals surface area (Å²) in [6, 6.07) is 3.57. The first-order valence-corrected chi connectivity index (χ1v) is 10.4. The Morgan fingerprint density at radius 1 is 1.17 bits per heavy atom. The van der Waals surface area contributed by atoms with Crippen molar-refractivity contribution >= 4 is 29.9 Å². The van der Waals surface area contributed by atoms with Gasteiger partial charge in [0.25, 0.3) is 0 Å². The Kier molecular flexibility index (Phi) is 10.0. The van der Waals surface area contributed by atoms with E-state index in [4.69, 9.17) is 9.73 Å². The van der Waals surface area contributed by atoms with Crippen molar-refractivity contribution in [3.63, 3.8) is 0 Å². The summed E-state index contributed by atoms with van der Waals surface area (Å²) in [4.78, 5) is 7.44. The second-order valence-electron chi connectivity index (χ2n) is 7.64. The number of aliphatic imine (C=N–C) groups is 1. The molecule has 1 aromatic carbocycles. The normalized spacial score (nSPS) is 19.6. The van der Waals surface area contributed by atoms with E-state index in [2.05, 4.69) is 15.5 Å². The molecule has 0 saturated carbocycles. The van der Waals surface area contributed by atoms with E-state index in [1.54, 1.807) is 0 Å². The highest BCUT2D eigenvalue weighted by Gasteiger charge is 2.39. The highest BCUT2D eigenvalue weighted by molar-refractivity contribution is 14.0. The summed E-state index contributed by atoms with van der Waals surface area (Å²) in [6.07, 6.45) is 4.92. The smallest absolute Gasteiger partial charge is 0.191 e.